The number of rotatable bonds is 7. The lowest BCUT2D eigenvalue weighted by molar-refractivity contribution is -0.121. The van der Waals surface area contributed by atoms with Crippen LogP contribution in [0.25, 0.3) is 10.2 Å². The van der Waals surface area contributed by atoms with E-state index in [1.165, 1.54) is 28.6 Å². The van der Waals surface area contributed by atoms with Crippen LogP contribution in [0.5, 0.6) is 0 Å². The number of fused-ring (bicyclic) bond motifs is 1. The van der Waals surface area contributed by atoms with Gasteiger partial charge in [-0.05, 0) is 22.6 Å². The molecule has 0 saturated heterocycles. The minimum atomic E-state index is -0.109. The van der Waals surface area contributed by atoms with Crippen LogP contribution in [0.1, 0.15) is 17.5 Å². The monoisotopic (exact) mass is 394 g/mol. The van der Waals surface area contributed by atoms with Crippen molar-refractivity contribution in [2.75, 3.05) is 0 Å². The van der Waals surface area contributed by atoms with Crippen molar-refractivity contribution in [3.63, 3.8) is 0 Å². The Labute approximate surface area is 164 Å². The van der Waals surface area contributed by atoms with E-state index in [1.807, 2.05) is 29.6 Å². The van der Waals surface area contributed by atoms with Crippen molar-refractivity contribution in [1.29, 1.82) is 0 Å². The predicted octanol–water partition coefficient (Wildman–Crippen LogP) is 1.80. The standard InChI is InChI=1S/C19H18N6O2S/c26-17(5-7-24-13-22-18-16(19(24)27)6-8-28-18)21-9-14-1-3-15(4-2-14)10-25-12-20-11-23-25/h1-4,6,8,11-13H,5,7,9-10H2,(H,21,26). The summed E-state index contributed by atoms with van der Waals surface area (Å²) in [5.41, 5.74) is 2.01. The summed E-state index contributed by atoms with van der Waals surface area (Å²) < 4.78 is 3.23. The van der Waals surface area contributed by atoms with Crippen molar-refractivity contribution in [3.05, 3.63) is 76.2 Å². The summed E-state index contributed by atoms with van der Waals surface area (Å²) in [7, 11) is 0. The molecule has 1 N–H and O–H groups in total. The number of nitrogens with zero attached hydrogens (tertiary/aromatic N) is 5. The summed E-state index contributed by atoms with van der Waals surface area (Å²) in [5.74, 6) is -0.107. The molecule has 8 nitrogen and oxygen atoms in total. The maximum Gasteiger partial charge on any atom is 0.262 e. The zero-order valence-corrected chi connectivity index (χ0v) is 15.8. The molecule has 0 fully saturated rings. The van der Waals surface area contributed by atoms with E-state index >= 15 is 0 Å². The molecule has 0 bridgehead atoms. The fraction of sp³-hybridized carbons (Fsp3) is 0.211. The highest BCUT2D eigenvalue weighted by molar-refractivity contribution is 7.16. The molecule has 28 heavy (non-hydrogen) atoms. The number of hydrogen-bond donors (Lipinski definition) is 1. The summed E-state index contributed by atoms with van der Waals surface area (Å²) >= 11 is 1.43. The molecular formula is C19H18N6O2S. The first kappa shape index (κ1) is 18.1. The maximum atomic E-state index is 12.3. The van der Waals surface area contributed by atoms with E-state index in [4.69, 9.17) is 0 Å². The number of hydrogen-bond acceptors (Lipinski definition) is 6. The Morgan fingerprint density at radius 2 is 1.93 bits per heavy atom. The molecule has 4 rings (SSSR count). The van der Waals surface area contributed by atoms with Gasteiger partial charge in [-0.3, -0.25) is 14.2 Å². The number of carbonyl (C=O) groups is 1. The van der Waals surface area contributed by atoms with Crippen LogP contribution in [0, 0.1) is 0 Å². The van der Waals surface area contributed by atoms with Crippen LogP contribution >= 0.6 is 11.3 Å². The second-order valence-corrected chi connectivity index (χ2v) is 7.21. The van der Waals surface area contributed by atoms with Crippen molar-refractivity contribution in [2.24, 2.45) is 0 Å². The molecule has 0 atom stereocenters. The number of nitrogens with one attached hydrogen (secondary N) is 1. The Bertz CT molecular complexity index is 1130. The Morgan fingerprint density at radius 3 is 2.71 bits per heavy atom. The van der Waals surface area contributed by atoms with Gasteiger partial charge >= 0.3 is 0 Å². The number of aromatic nitrogens is 5. The fourth-order valence-electron chi connectivity index (χ4n) is 2.83. The normalized spacial score (nSPS) is 11.0. The number of amides is 1. The summed E-state index contributed by atoms with van der Waals surface area (Å²) in [6, 6.07) is 9.73. The molecule has 142 valence electrons. The van der Waals surface area contributed by atoms with E-state index in [0.717, 1.165) is 16.0 Å². The van der Waals surface area contributed by atoms with Crippen molar-refractivity contribution in [3.8, 4) is 0 Å². The number of thiophene rings is 1. The van der Waals surface area contributed by atoms with Gasteiger partial charge in [0, 0.05) is 19.5 Å². The predicted molar refractivity (Wildman–Crippen MR) is 106 cm³/mol. The molecule has 0 aliphatic heterocycles. The molecule has 0 unspecified atom stereocenters. The minimum absolute atomic E-state index is 0.107. The van der Waals surface area contributed by atoms with Gasteiger partial charge in [0.1, 0.15) is 17.5 Å². The maximum absolute atomic E-state index is 12.3. The highest BCUT2D eigenvalue weighted by Gasteiger charge is 2.07. The van der Waals surface area contributed by atoms with Gasteiger partial charge in [0.15, 0.2) is 0 Å². The molecule has 0 radical (unpaired) electrons. The highest BCUT2D eigenvalue weighted by Crippen LogP contribution is 2.13. The van der Waals surface area contributed by atoms with Gasteiger partial charge in [0.05, 0.1) is 18.3 Å². The molecular weight excluding hydrogens is 376 g/mol. The lowest BCUT2D eigenvalue weighted by Crippen LogP contribution is -2.27. The van der Waals surface area contributed by atoms with E-state index in [9.17, 15) is 9.59 Å². The second-order valence-electron chi connectivity index (χ2n) is 6.32. The first-order chi connectivity index (χ1) is 13.7. The van der Waals surface area contributed by atoms with Gasteiger partial charge in [-0.1, -0.05) is 24.3 Å². The second kappa shape index (κ2) is 8.13. The summed E-state index contributed by atoms with van der Waals surface area (Å²) in [5, 5.41) is 9.40. The number of carbonyl (C=O) groups excluding carboxylic acids is 1. The van der Waals surface area contributed by atoms with Crippen molar-refractivity contribution in [2.45, 2.75) is 26.1 Å². The molecule has 1 aromatic carbocycles. The van der Waals surface area contributed by atoms with Crippen LogP contribution in [-0.2, 0) is 24.4 Å². The lowest BCUT2D eigenvalue weighted by Gasteiger charge is -2.08. The number of aryl methyl sites for hydroxylation is 1. The van der Waals surface area contributed by atoms with Crippen LogP contribution in [0.2, 0.25) is 0 Å². The fourth-order valence-corrected chi connectivity index (χ4v) is 3.55. The van der Waals surface area contributed by atoms with Crippen molar-refractivity contribution >= 4 is 27.5 Å². The molecule has 0 saturated carbocycles. The largest absolute Gasteiger partial charge is 0.352 e. The van der Waals surface area contributed by atoms with Gasteiger partial charge in [-0.25, -0.2) is 14.6 Å². The zero-order valence-electron chi connectivity index (χ0n) is 15.0. The van der Waals surface area contributed by atoms with E-state index in [1.54, 1.807) is 17.1 Å². The first-order valence-electron chi connectivity index (χ1n) is 8.78. The van der Waals surface area contributed by atoms with Crippen LogP contribution in [0.15, 0.2) is 59.5 Å². The van der Waals surface area contributed by atoms with Crippen molar-refractivity contribution in [1.82, 2.24) is 29.6 Å². The molecule has 1 amide bonds. The van der Waals surface area contributed by atoms with Crippen LogP contribution < -0.4 is 10.9 Å². The average molecular weight is 394 g/mol. The van der Waals surface area contributed by atoms with Crippen LogP contribution in [-0.4, -0.2) is 30.2 Å². The van der Waals surface area contributed by atoms with Gasteiger partial charge in [-0.2, -0.15) is 5.10 Å². The molecule has 0 aliphatic carbocycles. The average Bonchev–Trinajstić information content (AvgIpc) is 3.39. The first-order valence-corrected chi connectivity index (χ1v) is 9.66. The molecule has 0 spiro atoms. The van der Waals surface area contributed by atoms with Crippen molar-refractivity contribution < 1.29 is 4.79 Å². The minimum Gasteiger partial charge on any atom is -0.352 e. The Morgan fingerprint density at radius 1 is 1.11 bits per heavy atom. The summed E-state index contributed by atoms with van der Waals surface area (Å²) in [4.78, 5) is 33.3. The molecule has 3 aromatic heterocycles. The van der Waals surface area contributed by atoms with Gasteiger partial charge < -0.3 is 5.32 Å². The smallest absolute Gasteiger partial charge is 0.262 e. The van der Waals surface area contributed by atoms with Gasteiger partial charge in [-0.15, -0.1) is 11.3 Å². The third-order valence-electron chi connectivity index (χ3n) is 4.35. The Balaban J connectivity index is 1.28. The van der Waals surface area contributed by atoms with Gasteiger partial charge in [0.2, 0.25) is 5.91 Å². The Kier molecular flexibility index (Phi) is 5.24. The van der Waals surface area contributed by atoms with Gasteiger partial charge in [0.25, 0.3) is 5.56 Å². The SMILES string of the molecule is O=C(CCn1cnc2sccc2c1=O)NCc1ccc(Cn2cncn2)cc1. The third kappa shape index (κ3) is 4.15. The lowest BCUT2D eigenvalue weighted by atomic mass is 10.1. The van der Waals surface area contributed by atoms with Crippen LogP contribution in [0.3, 0.4) is 0 Å². The molecule has 3 heterocycles. The zero-order chi connectivity index (χ0) is 19.3. The van der Waals surface area contributed by atoms with E-state index in [-0.39, 0.29) is 17.9 Å². The van der Waals surface area contributed by atoms with E-state index in [0.29, 0.717) is 25.0 Å². The highest BCUT2D eigenvalue weighted by atomic mass is 32.1. The quantitative estimate of drug-likeness (QED) is 0.516. The van der Waals surface area contributed by atoms with E-state index < -0.39 is 0 Å². The third-order valence-corrected chi connectivity index (χ3v) is 5.17. The molecule has 9 heteroatoms. The van der Waals surface area contributed by atoms with Crippen LogP contribution in [0.4, 0.5) is 0 Å². The Hall–Kier alpha value is -3.33. The molecule has 4 aromatic rings. The molecule has 0 aliphatic rings. The summed E-state index contributed by atoms with van der Waals surface area (Å²) in [6.07, 6.45) is 4.90. The van der Waals surface area contributed by atoms with E-state index in [2.05, 4.69) is 20.4 Å². The summed E-state index contributed by atoms with van der Waals surface area (Å²) in [6.45, 7) is 1.41. The topological polar surface area (TPSA) is 94.7 Å². The number of benzene rings is 1.